The molecule has 0 bridgehead atoms. The molecule has 10 heteroatoms. The van der Waals surface area contributed by atoms with Crippen molar-refractivity contribution in [3.63, 3.8) is 0 Å². The van der Waals surface area contributed by atoms with Crippen LogP contribution in [0.4, 0.5) is 11.6 Å². The number of aromatic nitrogens is 4. The minimum Gasteiger partial charge on any atom is -0.383 e. The summed E-state index contributed by atoms with van der Waals surface area (Å²) in [6, 6.07) is 20.7. The van der Waals surface area contributed by atoms with Gasteiger partial charge < -0.3 is 20.5 Å². The van der Waals surface area contributed by atoms with Crippen LogP contribution in [-0.4, -0.2) is 48.3 Å². The molecule has 1 aliphatic heterocycles. The second-order valence-electron chi connectivity index (χ2n) is 10.2. The zero-order valence-electron chi connectivity index (χ0n) is 22.1. The number of hydrogen-bond donors (Lipinski definition) is 2. The minimum atomic E-state index is -0.619. The van der Waals surface area contributed by atoms with Crippen LogP contribution < -0.4 is 11.1 Å². The number of nitrogens with one attached hydrogen (secondary N) is 1. The predicted molar refractivity (Wildman–Crippen MR) is 159 cm³/mol. The Bertz CT molecular complexity index is 1750. The van der Waals surface area contributed by atoms with E-state index in [1.807, 2.05) is 54.0 Å². The summed E-state index contributed by atoms with van der Waals surface area (Å²) in [7, 11) is 0. The van der Waals surface area contributed by atoms with E-state index in [-0.39, 0.29) is 30.3 Å². The molecule has 0 unspecified atom stereocenters. The van der Waals surface area contributed by atoms with Crippen molar-refractivity contribution in [3.05, 3.63) is 77.7 Å². The molecule has 40 heavy (non-hydrogen) atoms. The summed E-state index contributed by atoms with van der Waals surface area (Å²) in [4.78, 5) is 42.2. The summed E-state index contributed by atoms with van der Waals surface area (Å²) in [5.41, 5.74) is 9.79. The van der Waals surface area contributed by atoms with Crippen LogP contribution in [0.2, 0.25) is 0 Å². The second kappa shape index (κ2) is 10.3. The van der Waals surface area contributed by atoms with Gasteiger partial charge in [-0.3, -0.25) is 9.59 Å². The second-order valence-corrected chi connectivity index (χ2v) is 11.1. The van der Waals surface area contributed by atoms with Crippen LogP contribution >= 0.6 is 15.9 Å². The number of nitrogens with two attached hydrogens (primary N) is 1. The first kappa shape index (κ1) is 25.9. The highest BCUT2D eigenvalue weighted by Gasteiger charge is 2.43. The van der Waals surface area contributed by atoms with Crippen molar-refractivity contribution < 1.29 is 9.59 Å². The summed E-state index contributed by atoms with van der Waals surface area (Å²) in [6.45, 7) is 4.06. The zero-order valence-corrected chi connectivity index (χ0v) is 23.7. The van der Waals surface area contributed by atoms with E-state index in [2.05, 4.69) is 49.2 Å². The van der Waals surface area contributed by atoms with Crippen LogP contribution in [0.3, 0.4) is 0 Å². The maximum absolute atomic E-state index is 14.0. The molecule has 1 fully saturated rings. The van der Waals surface area contributed by atoms with Crippen molar-refractivity contribution in [1.29, 1.82) is 0 Å². The first-order valence-corrected chi connectivity index (χ1v) is 13.9. The average molecular weight is 599 g/mol. The molecule has 0 spiro atoms. The Balaban J connectivity index is 1.38. The van der Waals surface area contributed by atoms with Crippen molar-refractivity contribution in [1.82, 2.24) is 24.4 Å². The van der Waals surface area contributed by atoms with Gasteiger partial charge in [0, 0.05) is 11.4 Å². The fourth-order valence-electron chi connectivity index (χ4n) is 5.66. The highest BCUT2D eigenvalue weighted by atomic mass is 79.9. The van der Waals surface area contributed by atoms with Gasteiger partial charge in [-0.25, -0.2) is 15.0 Å². The third kappa shape index (κ3) is 4.58. The number of benzene rings is 2. The number of pyridine rings is 1. The van der Waals surface area contributed by atoms with E-state index in [9.17, 15) is 9.59 Å². The molecule has 2 aromatic carbocycles. The standard InChI is InChI=1S/C30H28BrN7O2/c1-17-13-23(30(40)36-25-10-6-9-24(31)35-25)38(18(17)2)26(39)15-37-22-14-20(19-7-4-3-5-8-19)11-12-21(22)27-28(32)33-16-34-29(27)37/h3-12,14,16-18,23H,13,15H2,1-2H3,(H2,32,33,34)(H,35,36,40)/t17-,18+,23-/m0/s1. The lowest BCUT2D eigenvalue weighted by atomic mass is 10.0. The number of halogens is 1. The van der Waals surface area contributed by atoms with Gasteiger partial charge in [-0.15, -0.1) is 0 Å². The van der Waals surface area contributed by atoms with Gasteiger partial charge in [-0.1, -0.05) is 55.5 Å². The van der Waals surface area contributed by atoms with Crippen LogP contribution in [0.1, 0.15) is 20.3 Å². The first-order chi connectivity index (χ1) is 19.3. The molecule has 202 valence electrons. The fourth-order valence-corrected chi connectivity index (χ4v) is 6.01. The molecule has 3 atom stereocenters. The maximum atomic E-state index is 14.0. The lowest BCUT2D eigenvalue weighted by Crippen LogP contribution is -2.47. The topological polar surface area (TPSA) is 119 Å². The van der Waals surface area contributed by atoms with E-state index < -0.39 is 6.04 Å². The van der Waals surface area contributed by atoms with E-state index in [0.29, 0.717) is 33.7 Å². The fraction of sp³-hybridized carbons (Fsp3) is 0.233. The van der Waals surface area contributed by atoms with Crippen LogP contribution in [0.5, 0.6) is 0 Å². The molecule has 9 nitrogen and oxygen atoms in total. The summed E-state index contributed by atoms with van der Waals surface area (Å²) in [6.07, 6.45) is 1.98. The molecule has 0 saturated carbocycles. The zero-order chi connectivity index (χ0) is 28.0. The van der Waals surface area contributed by atoms with Crippen molar-refractivity contribution >= 4 is 61.3 Å². The summed E-state index contributed by atoms with van der Waals surface area (Å²) in [5, 5.41) is 4.47. The number of anilines is 2. The number of fused-ring (bicyclic) bond motifs is 3. The predicted octanol–water partition coefficient (Wildman–Crippen LogP) is 5.26. The number of amides is 2. The third-order valence-electron chi connectivity index (χ3n) is 7.82. The summed E-state index contributed by atoms with van der Waals surface area (Å²) < 4.78 is 2.51. The lowest BCUT2D eigenvalue weighted by Gasteiger charge is -2.29. The molecule has 5 aromatic rings. The number of carbonyl (C=O) groups is 2. The van der Waals surface area contributed by atoms with E-state index in [4.69, 9.17) is 5.73 Å². The maximum Gasteiger partial charge on any atom is 0.248 e. The Morgan fingerprint density at radius 3 is 2.60 bits per heavy atom. The number of nitrogen functional groups attached to an aromatic ring is 1. The Morgan fingerprint density at radius 2 is 1.82 bits per heavy atom. The van der Waals surface area contributed by atoms with Gasteiger partial charge in [-0.05, 0) is 64.5 Å². The van der Waals surface area contributed by atoms with Crippen molar-refractivity contribution in [3.8, 4) is 11.1 Å². The van der Waals surface area contributed by atoms with Crippen LogP contribution in [0, 0.1) is 5.92 Å². The smallest absolute Gasteiger partial charge is 0.248 e. The Labute approximate surface area is 239 Å². The highest BCUT2D eigenvalue weighted by molar-refractivity contribution is 9.10. The number of hydrogen-bond acceptors (Lipinski definition) is 6. The Hall–Kier alpha value is -4.31. The molecular formula is C30H28BrN7O2. The van der Waals surface area contributed by atoms with Crippen LogP contribution in [-0.2, 0) is 16.1 Å². The van der Waals surface area contributed by atoms with Gasteiger partial charge in [0.05, 0.1) is 10.9 Å². The number of nitrogens with zero attached hydrogens (tertiary/aromatic N) is 5. The Morgan fingerprint density at radius 1 is 1.02 bits per heavy atom. The average Bonchev–Trinajstić information content (AvgIpc) is 3.43. The van der Waals surface area contributed by atoms with Gasteiger partial charge in [0.25, 0.3) is 0 Å². The van der Waals surface area contributed by atoms with Crippen LogP contribution in [0.15, 0.2) is 77.7 Å². The molecule has 3 N–H and O–H groups in total. The van der Waals surface area contributed by atoms with Gasteiger partial charge in [0.1, 0.15) is 40.8 Å². The summed E-state index contributed by atoms with van der Waals surface area (Å²) in [5.74, 6) is 0.518. The lowest BCUT2D eigenvalue weighted by molar-refractivity contribution is -0.139. The van der Waals surface area contributed by atoms with Gasteiger partial charge in [0.2, 0.25) is 11.8 Å². The number of rotatable bonds is 5. The van der Waals surface area contributed by atoms with Crippen molar-refractivity contribution in [2.24, 2.45) is 5.92 Å². The number of carbonyl (C=O) groups excluding carboxylic acids is 2. The molecule has 2 amide bonds. The molecule has 6 rings (SSSR count). The molecular weight excluding hydrogens is 570 g/mol. The highest BCUT2D eigenvalue weighted by Crippen LogP contribution is 2.35. The number of likely N-dealkylation sites (tertiary alicyclic amines) is 1. The van der Waals surface area contributed by atoms with Crippen LogP contribution in [0.25, 0.3) is 33.1 Å². The third-order valence-corrected chi connectivity index (χ3v) is 8.26. The first-order valence-electron chi connectivity index (χ1n) is 13.1. The van der Waals surface area contributed by atoms with Gasteiger partial charge in [-0.2, -0.15) is 0 Å². The van der Waals surface area contributed by atoms with Gasteiger partial charge in [0.15, 0.2) is 0 Å². The monoisotopic (exact) mass is 597 g/mol. The molecule has 3 aromatic heterocycles. The van der Waals surface area contributed by atoms with E-state index in [1.54, 1.807) is 23.1 Å². The summed E-state index contributed by atoms with van der Waals surface area (Å²) >= 11 is 3.34. The molecule has 1 aliphatic rings. The van der Waals surface area contributed by atoms with Crippen molar-refractivity contribution in [2.75, 3.05) is 11.1 Å². The van der Waals surface area contributed by atoms with E-state index in [1.165, 1.54) is 6.33 Å². The largest absolute Gasteiger partial charge is 0.383 e. The SMILES string of the molecule is C[C@@H]1[C@@H](C)C[C@@H](C(=O)Nc2cccc(Br)n2)N1C(=O)Cn1c2cc(-c3ccccc3)ccc2c2c(N)ncnc21. The van der Waals surface area contributed by atoms with E-state index in [0.717, 1.165) is 22.0 Å². The van der Waals surface area contributed by atoms with E-state index >= 15 is 0 Å². The Kier molecular flexibility index (Phi) is 6.71. The quantitative estimate of drug-likeness (QED) is 0.267. The molecule has 4 heterocycles. The minimum absolute atomic E-state index is 0.00463. The van der Waals surface area contributed by atoms with Gasteiger partial charge >= 0.3 is 0 Å². The molecule has 0 aliphatic carbocycles. The molecule has 0 radical (unpaired) electrons. The molecule has 1 saturated heterocycles. The van der Waals surface area contributed by atoms with Crippen molar-refractivity contribution in [2.45, 2.75) is 38.9 Å². The normalized spacial score (nSPS) is 18.9.